The highest BCUT2D eigenvalue weighted by atomic mass is 35.5. The van der Waals surface area contributed by atoms with Crippen LogP contribution in [0.1, 0.15) is 5.56 Å². The Hall–Kier alpha value is -1.89. The molecule has 5 nitrogen and oxygen atoms in total. The first-order chi connectivity index (χ1) is 10.4. The molecule has 0 aliphatic rings. The monoisotopic (exact) mass is 338 g/mol. The summed E-state index contributed by atoms with van der Waals surface area (Å²) >= 11 is 5.71. The zero-order valence-electron chi connectivity index (χ0n) is 11.4. The van der Waals surface area contributed by atoms with Crippen LogP contribution < -0.4 is 9.83 Å². The molecule has 7 heteroatoms. The van der Waals surface area contributed by atoms with Crippen LogP contribution >= 0.6 is 11.6 Å². The molecule has 0 aliphatic heterocycles. The average Bonchev–Trinajstić information content (AvgIpc) is 2.48. The molecule has 0 spiro atoms. The number of halogens is 1. The van der Waals surface area contributed by atoms with E-state index in [1.54, 1.807) is 30.3 Å². The average molecular weight is 339 g/mol. The van der Waals surface area contributed by atoms with Gasteiger partial charge in [-0.25, -0.2) is 13.1 Å². The number of carboxylic acids is 1. The maximum atomic E-state index is 12.2. The fourth-order valence-electron chi connectivity index (χ4n) is 1.89. The van der Waals surface area contributed by atoms with Gasteiger partial charge in [-0.05, 0) is 36.2 Å². The number of hydrogen-bond donors (Lipinski definition) is 1. The molecule has 0 unspecified atom stereocenters. The summed E-state index contributed by atoms with van der Waals surface area (Å²) in [4.78, 5) is 11.1. The van der Waals surface area contributed by atoms with Crippen molar-refractivity contribution in [2.24, 2.45) is 0 Å². The lowest BCUT2D eigenvalue weighted by Gasteiger charge is -2.20. The minimum Gasteiger partial charge on any atom is -0.548 e. The van der Waals surface area contributed by atoms with Gasteiger partial charge in [0.25, 0.3) is 0 Å². The van der Waals surface area contributed by atoms with Crippen molar-refractivity contribution >= 4 is 27.6 Å². The van der Waals surface area contributed by atoms with Crippen molar-refractivity contribution in [2.45, 2.75) is 17.4 Å². The fraction of sp³-hybridized carbons (Fsp3) is 0.133. The van der Waals surface area contributed by atoms with Gasteiger partial charge in [-0.15, -0.1) is 0 Å². The van der Waals surface area contributed by atoms with Crippen molar-refractivity contribution < 1.29 is 18.3 Å². The number of aliphatic carboxylic acids is 1. The third-order valence-electron chi connectivity index (χ3n) is 2.99. The number of hydrogen-bond acceptors (Lipinski definition) is 4. The first kappa shape index (κ1) is 16.5. The van der Waals surface area contributed by atoms with Crippen LogP contribution in [0.3, 0.4) is 0 Å². The van der Waals surface area contributed by atoms with Crippen LogP contribution in [0.5, 0.6) is 0 Å². The van der Waals surface area contributed by atoms with Gasteiger partial charge >= 0.3 is 0 Å². The van der Waals surface area contributed by atoms with E-state index in [9.17, 15) is 18.3 Å². The van der Waals surface area contributed by atoms with Crippen LogP contribution in [0.2, 0.25) is 5.02 Å². The second-order valence-corrected chi connectivity index (χ2v) is 6.79. The summed E-state index contributed by atoms with van der Waals surface area (Å²) in [6, 6.07) is 12.8. The largest absolute Gasteiger partial charge is 0.548 e. The molecule has 0 bridgehead atoms. The maximum absolute atomic E-state index is 12.2. The quantitative estimate of drug-likeness (QED) is 0.850. The molecule has 2 rings (SSSR count). The summed E-state index contributed by atoms with van der Waals surface area (Å²) in [5.74, 6) is -1.48. The molecule has 22 heavy (non-hydrogen) atoms. The second-order valence-electron chi connectivity index (χ2n) is 4.64. The van der Waals surface area contributed by atoms with Gasteiger partial charge in [0.2, 0.25) is 10.0 Å². The van der Waals surface area contributed by atoms with Crippen LogP contribution in [0.25, 0.3) is 0 Å². The van der Waals surface area contributed by atoms with E-state index >= 15 is 0 Å². The molecule has 0 heterocycles. The molecule has 0 fully saturated rings. The Bertz CT molecular complexity index is 745. The normalized spacial score (nSPS) is 12.8. The summed E-state index contributed by atoms with van der Waals surface area (Å²) in [6.07, 6.45) is -0.00398. The van der Waals surface area contributed by atoms with Gasteiger partial charge in [0, 0.05) is 5.02 Å². The Morgan fingerprint density at radius 3 is 2.23 bits per heavy atom. The predicted molar refractivity (Wildman–Crippen MR) is 80.7 cm³/mol. The van der Waals surface area contributed by atoms with Gasteiger partial charge in [-0.2, -0.15) is 0 Å². The third-order valence-corrected chi connectivity index (χ3v) is 4.73. The van der Waals surface area contributed by atoms with Gasteiger partial charge in [0.15, 0.2) is 0 Å². The summed E-state index contributed by atoms with van der Waals surface area (Å²) in [5, 5.41) is 11.6. The molecule has 1 N–H and O–H groups in total. The Labute approximate surface area is 133 Å². The van der Waals surface area contributed by atoms with Crippen molar-refractivity contribution in [2.75, 3.05) is 0 Å². The molecule has 116 valence electrons. The molecule has 2 aromatic carbocycles. The van der Waals surface area contributed by atoms with E-state index in [2.05, 4.69) is 4.72 Å². The van der Waals surface area contributed by atoms with Gasteiger partial charge < -0.3 is 9.90 Å². The highest BCUT2D eigenvalue weighted by Gasteiger charge is 2.21. The maximum Gasteiger partial charge on any atom is 0.241 e. The van der Waals surface area contributed by atoms with Gasteiger partial charge in [0.05, 0.1) is 16.9 Å². The molecule has 0 saturated carbocycles. The van der Waals surface area contributed by atoms with Crippen LogP contribution in [0.4, 0.5) is 0 Å². The van der Waals surface area contributed by atoms with Crippen molar-refractivity contribution in [1.29, 1.82) is 0 Å². The summed E-state index contributed by atoms with van der Waals surface area (Å²) in [6.45, 7) is 0. The van der Waals surface area contributed by atoms with E-state index in [1.165, 1.54) is 24.3 Å². The Morgan fingerprint density at radius 1 is 1.09 bits per heavy atom. The molecular weight excluding hydrogens is 326 g/mol. The summed E-state index contributed by atoms with van der Waals surface area (Å²) in [5.41, 5.74) is 0.690. The topological polar surface area (TPSA) is 86.3 Å². The van der Waals surface area contributed by atoms with Crippen LogP contribution in [0, 0.1) is 0 Å². The lowest BCUT2D eigenvalue weighted by molar-refractivity contribution is -0.307. The van der Waals surface area contributed by atoms with E-state index in [1.807, 2.05) is 0 Å². The van der Waals surface area contributed by atoms with Crippen LogP contribution in [-0.4, -0.2) is 20.4 Å². The number of benzene rings is 2. The number of carbonyl (C=O) groups is 1. The van der Waals surface area contributed by atoms with E-state index < -0.39 is 22.0 Å². The van der Waals surface area contributed by atoms with E-state index in [0.717, 1.165) is 0 Å². The molecule has 0 aromatic heterocycles. The van der Waals surface area contributed by atoms with Crippen molar-refractivity contribution in [3.8, 4) is 0 Å². The van der Waals surface area contributed by atoms with Gasteiger partial charge in [-0.1, -0.05) is 41.9 Å². The molecule has 0 saturated heterocycles. The first-order valence-corrected chi connectivity index (χ1v) is 8.27. The number of nitrogens with one attached hydrogen (secondary N) is 1. The predicted octanol–water partition coefficient (Wildman–Crippen LogP) is 0.979. The zero-order chi connectivity index (χ0) is 16.2. The van der Waals surface area contributed by atoms with E-state index in [-0.39, 0.29) is 11.3 Å². The number of rotatable bonds is 6. The molecule has 0 radical (unpaired) electrons. The van der Waals surface area contributed by atoms with Crippen LogP contribution in [0.15, 0.2) is 59.5 Å². The SMILES string of the molecule is O=C([O-])[C@H](Cc1ccccc1)NS(=O)(=O)c1ccc(Cl)cc1. The molecular formula is C15H13ClNO4S-. The van der Waals surface area contributed by atoms with Gasteiger partial charge in [0.1, 0.15) is 0 Å². The van der Waals surface area contributed by atoms with E-state index in [4.69, 9.17) is 11.6 Å². The molecule has 0 amide bonds. The number of carbonyl (C=O) groups excluding carboxylic acids is 1. The smallest absolute Gasteiger partial charge is 0.241 e. The van der Waals surface area contributed by atoms with Crippen LogP contribution in [-0.2, 0) is 21.2 Å². The van der Waals surface area contributed by atoms with Gasteiger partial charge in [-0.3, -0.25) is 0 Å². The minimum absolute atomic E-state index is 0.00398. The number of sulfonamides is 1. The van der Waals surface area contributed by atoms with Crippen molar-refractivity contribution in [3.05, 3.63) is 65.2 Å². The van der Waals surface area contributed by atoms with E-state index in [0.29, 0.717) is 10.6 Å². The standard InChI is InChI=1S/C15H14ClNO4S/c16-12-6-8-13(9-7-12)22(20,21)17-14(15(18)19)10-11-4-2-1-3-5-11/h1-9,14,17H,10H2,(H,18,19)/p-1/t14-/m0/s1. The lowest BCUT2D eigenvalue weighted by Crippen LogP contribution is -2.49. The van der Waals surface area contributed by atoms with Crippen molar-refractivity contribution in [1.82, 2.24) is 4.72 Å². The highest BCUT2D eigenvalue weighted by molar-refractivity contribution is 7.89. The minimum atomic E-state index is -3.97. The first-order valence-electron chi connectivity index (χ1n) is 6.41. The molecule has 0 aliphatic carbocycles. The summed E-state index contributed by atoms with van der Waals surface area (Å²) < 4.78 is 26.6. The fourth-order valence-corrected chi connectivity index (χ4v) is 3.20. The lowest BCUT2D eigenvalue weighted by atomic mass is 10.1. The van der Waals surface area contributed by atoms with Crippen molar-refractivity contribution in [3.63, 3.8) is 0 Å². The Balaban J connectivity index is 2.20. The Morgan fingerprint density at radius 2 is 1.68 bits per heavy atom. The highest BCUT2D eigenvalue weighted by Crippen LogP contribution is 2.15. The Kier molecular flexibility index (Phi) is 5.18. The third kappa shape index (κ3) is 4.30. The summed E-state index contributed by atoms with van der Waals surface area (Å²) in [7, 11) is -3.97. The molecule has 1 atom stereocenters. The molecule has 2 aromatic rings. The number of carboxylic acid groups (broad SMARTS) is 1. The second kappa shape index (κ2) is 6.91. The zero-order valence-corrected chi connectivity index (χ0v) is 13.0.